The second-order valence-corrected chi connectivity index (χ2v) is 6.59. The minimum Gasteiger partial charge on any atom is -0.312 e. The molecular formula is C20H20ClN3O2. The Morgan fingerprint density at radius 2 is 2.00 bits per heavy atom. The molecule has 26 heavy (non-hydrogen) atoms. The maximum absolute atomic E-state index is 12.3. The van der Waals surface area contributed by atoms with E-state index < -0.39 is 5.92 Å². The van der Waals surface area contributed by atoms with Crippen molar-refractivity contribution in [3.05, 3.63) is 64.7 Å². The van der Waals surface area contributed by atoms with Gasteiger partial charge in [0.1, 0.15) is 0 Å². The Hall–Kier alpha value is -2.66. The van der Waals surface area contributed by atoms with Gasteiger partial charge in [0.05, 0.1) is 12.1 Å². The number of halogens is 1. The fourth-order valence-corrected chi connectivity index (χ4v) is 3.07. The van der Waals surface area contributed by atoms with Crippen LogP contribution in [0.5, 0.6) is 0 Å². The maximum Gasteiger partial charge on any atom is 0.245 e. The smallest absolute Gasteiger partial charge is 0.245 e. The van der Waals surface area contributed by atoms with E-state index in [4.69, 9.17) is 11.6 Å². The summed E-state index contributed by atoms with van der Waals surface area (Å²) >= 11 is 6.04. The number of hydrogen-bond acceptors (Lipinski definition) is 3. The number of aryl methyl sites for hydroxylation is 1. The van der Waals surface area contributed by atoms with Gasteiger partial charge in [-0.1, -0.05) is 48.9 Å². The first-order valence-corrected chi connectivity index (χ1v) is 8.93. The standard InChI is InChI=1S/C20H20ClN3O2/c1-2-14-7-9-17(10-8-14)24-13-16(11-19(24)25)20(26)23-22-12-15-5-3-4-6-18(15)21/h3-10,12,16H,2,11,13H2,1H3,(H,23,26)/b22-12+/t16-/m1/s1. The number of nitrogens with zero attached hydrogens (tertiary/aromatic N) is 2. The van der Waals surface area contributed by atoms with Crippen LogP contribution in [0.3, 0.4) is 0 Å². The highest BCUT2D eigenvalue weighted by atomic mass is 35.5. The summed E-state index contributed by atoms with van der Waals surface area (Å²) in [7, 11) is 0. The lowest BCUT2D eigenvalue weighted by molar-refractivity contribution is -0.126. The molecule has 1 fully saturated rings. The molecule has 1 atom stereocenters. The van der Waals surface area contributed by atoms with E-state index in [9.17, 15) is 9.59 Å². The molecule has 0 radical (unpaired) electrons. The largest absolute Gasteiger partial charge is 0.312 e. The summed E-state index contributed by atoms with van der Waals surface area (Å²) in [5, 5.41) is 4.51. The molecule has 2 amide bonds. The molecule has 0 spiro atoms. The monoisotopic (exact) mass is 369 g/mol. The van der Waals surface area contributed by atoms with E-state index >= 15 is 0 Å². The van der Waals surface area contributed by atoms with Crippen LogP contribution < -0.4 is 10.3 Å². The third-order valence-corrected chi connectivity index (χ3v) is 4.78. The van der Waals surface area contributed by atoms with Gasteiger partial charge in [0.2, 0.25) is 11.8 Å². The van der Waals surface area contributed by atoms with E-state index in [-0.39, 0.29) is 18.2 Å². The number of amides is 2. The van der Waals surface area contributed by atoms with Crippen LogP contribution in [0.15, 0.2) is 53.6 Å². The van der Waals surface area contributed by atoms with Gasteiger partial charge in [-0.05, 0) is 30.2 Å². The van der Waals surface area contributed by atoms with Crippen molar-refractivity contribution in [1.29, 1.82) is 0 Å². The summed E-state index contributed by atoms with van der Waals surface area (Å²) in [5.74, 6) is -0.740. The minimum atomic E-state index is -0.420. The summed E-state index contributed by atoms with van der Waals surface area (Å²) in [4.78, 5) is 26.2. The van der Waals surface area contributed by atoms with Crippen molar-refractivity contribution in [2.24, 2.45) is 11.0 Å². The van der Waals surface area contributed by atoms with E-state index in [1.807, 2.05) is 36.4 Å². The lowest BCUT2D eigenvalue weighted by Crippen LogP contribution is -2.30. The Balaban J connectivity index is 1.60. The van der Waals surface area contributed by atoms with Crippen molar-refractivity contribution in [1.82, 2.24) is 5.43 Å². The molecule has 3 rings (SSSR count). The zero-order chi connectivity index (χ0) is 18.5. The molecule has 6 heteroatoms. The van der Waals surface area contributed by atoms with Crippen molar-refractivity contribution >= 4 is 35.3 Å². The topological polar surface area (TPSA) is 61.8 Å². The summed E-state index contributed by atoms with van der Waals surface area (Å²) in [5.41, 5.74) is 5.25. The first-order valence-electron chi connectivity index (χ1n) is 8.55. The molecule has 5 nitrogen and oxygen atoms in total. The molecule has 0 saturated carbocycles. The third kappa shape index (κ3) is 4.11. The molecule has 2 aromatic carbocycles. The van der Waals surface area contributed by atoms with Crippen LogP contribution in [-0.2, 0) is 16.0 Å². The highest BCUT2D eigenvalue weighted by Crippen LogP contribution is 2.25. The van der Waals surface area contributed by atoms with Gasteiger partial charge in [-0.3, -0.25) is 9.59 Å². The summed E-state index contributed by atoms with van der Waals surface area (Å²) in [6.07, 6.45) is 2.63. The number of carbonyl (C=O) groups is 2. The van der Waals surface area contributed by atoms with Crippen LogP contribution >= 0.6 is 11.6 Å². The predicted octanol–water partition coefficient (Wildman–Crippen LogP) is 3.41. The van der Waals surface area contributed by atoms with Crippen molar-refractivity contribution in [3.63, 3.8) is 0 Å². The van der Waals surface area contributed by atoms with Crippen molar-refractivity contribution < 1.29 is 9.59 Å². The first-order chi connectivity index (χ1) is 12.6. The number of carbonyl (C=O) groups excluding carboxylic acids is 2. The summed E-state index contributed by atoms with van der Waals surface area (Å²) < 4.78 is 0. The molecule has 0 aromatic heterocycles. The number of hydrazone groups is 1. The number of hydrogen-bond donors (Lipinski definition) is 1. The average molecular weight is 370 g/mol. The van der Waals surface area contributed by atoms with Crippen LogP contribution in [0, 0.1) is 5.92 Å². The Morgan fingerprint density at radius 1 is 1.27 bits per heavy atom. The Morgan fingerprint density at radius 3 is 2.69 bits per heavy atom. The zero-order valence-corrected chi connectivity index (χ0v) is 15.2. The van der Waals surface area contributed by atoms with Crippen molar-refractivity contribution in [2.75, 3.05) is 11.4 Å². The van der Waals surface area contributed by atoms with Gasteiger partial charge >= 0.3 is 0 Å². The zero-order valence-electron chi connectivity index (χ0n) is 14.5. The quantitative estimate of drug-likeness (QED) is 0.648. The molecule has 1 aliphatic heterocycles. The van der Waals surface area contributed by atoms with E-state index in [0.29, 0.717) is 11.6 Å². The van der Waals surface area contributed by atoms with Crippen LogP contribution in [0.25, 0.3) is 0 Å². The van der Waals surface area contributed by atoms with Gasteiger partial charge in [0.25, 0.3) is 0 Å². The van der Waals surface area contributed by atoms with Crippen LogP contribution in [0.4, 0.5) is 5.69 Å². The molecular weight excluding hydrogens is 350 g/mol. The molecule has 1 heterocycles. The maximum atomic E-state index is 12.3. The molecule has 0 unspecified atom stereocenters. The third-order valence-electron chi connectivity index (χ3n) is 4.44. The van der Waals surface area contributed by atoms with E-state index in [1.165, 1.54) is 11.8 Å². The number of benzene rings is 2. The van der Waals surface area contributed by atoms with E-state index in [0.717, 1.165) is 17.7 Å². The van der Waals surface area contributed by atoms with E-state index in [2.05, 4.69) is 17.5 Å². The Kier molecular flexibility index (Phi) is 5.68. The molecule has 2 aromatic rings. The number of rotatable bonds is 5. The number of anilines is 1. The number of nitrogens with one attached hydrogen (secondary N) is 1. The first kappa shape index (κ1) is 18.1. The Labute approximate surface area is 157 Å². The summed E-state index contributed by atoms with van der Waals surface area (Å²) in [6.45, 7) is 2.44. The average Bonchev–Trinajstić information content (AvgIpc) is 3.05. The highest BCUT2D eigenvalue weighted by Gasteiger charge is 2.35. The molecule has 0 aliphatic carbocycles. The van der Waals surface area contributed by atoms with Crippen molar-refractivity contribution in [3.8, 4) is 0 Å². The fraction of sp³-hybridized carbons (Fsp3) is 0.250. The van der Waals surface area contributed by atoms with Crippen molar-refractivity contribution in [2.45, 2.75) is 19.8 Å². The molecule has 0 bridgehead atoms. The molecule has 1 aliphatic rings. The van der Waals surface area contributed by atoms with Gasteiger partial charge in [-0.15, -0.1) is 0 Å². The SMILES string of the molecule is CCc1ccc(N2C[C@H](C(=O)N/N=C/c3ccccc3Cl)CC2=O)cc1. The predicted molar refractivity (Wildman–Crippen MR) is 103 cm³/mol. The van der Waals surface area contributed by atoms with Gasteiger partial charge in [-0.25, -0.2) is 5.43 Å². The molecule has 134 valence electrons. The second kappa shape index (κ2) is 8.15. The lowest BCUT2D eigenvalue weighted by Gasteiger charge is -2.16. The van der Waals surface area contributed by atoms with Crippen LogP contribution in [-0.4, -0.2) is 24.6 Å². The minimum absolute atomic E-state index is 0.0514. The Bertz CT molecular complexity index is 833. The normalized spacial score (nSPS) is 17.1. The fourth-order valence-electron chi connectivity index (χ4n) is 2.88. The van der Waals surface area contributed by atoms with Gasteiger partial charge in [-0.2, -0.15) is 5.10 Å². The second-order valence-electron chi connectivity index (χ2n) is 6.18. The van der Waals surface area contributed by atoms with Crippen LogP contribution in [0.2, 0.25) is 5.02 Å². The lowest BCUT2D eigenvalue weighted by atomic mass is 10.1. The van der Waals surface area contributed by atoms with Gasteiger partial charge in [0, 0.05) is 29.2 Å². The van der Waals surface area contributed by atoms with E-state index in [1.54, 1.807) is 17.0 Å². The van der Waals surface area contributed by atoms with Gasteiger partial charge < -0.3 is 4.90 Å². The highest BCUT2D eigenvalue weighted by molar-refractivity contribution is 6.33. The summed E-state index contributed by atoms with van der Waals surface area (Å²) in [6, 6.07) is 15.1. The molecule has 1 saturated heterocycles. The van der Waals surface area contributed by atoms with Crippen LogP contribution in [0.1, 0.15) is 24.5 Å². The molecule has 1 N–H and O–H groups in total. The van der Waals surface area contributed by atoms with Gasteiger partial charge in [0.15, 0.2) is 0 Å².